The molecule has 0 N–H and O–H groups in total. The predicted molar refractivity (Wildman–Crippen MR) is 44.2 cm³/mol. The Bertz CT molecular complexity index is 327. The fourth-order valence-electron chi connectivity index (χ4n) is 0.892. The normalized spacial score (nSPS) is 9.69. The highest BCUT2D eigenvalue weighted by molar-refractivity contribution is 5.37. The van der Waals surface area contributed by atoms with Gasteiger partial charge in [0.2, 0.25) is 5.82 Å². The molecule has 0 bridgehead atoms. The minimum absolute atomic E-state index is 0.297. The lowest BCUT2D eigenvalue weighted by molar-refractivity contribution is -0.387. The van der Waals surface area contributed by atoms with Crippen molar-refractivity contribution in [1.29, 1.82) is 0 Å². The standard InChI is InChI=1S/C8H8FNO3/c1-2-13-6-3-4-8(10(11)12)7(9)5-6/h3-5H,2H2,1H3. The van der Waals surface area contributed by atoms with Crippen molar-refractivity contribution < 1.29 is 14.1 Å². The number of hydrogen-bond acceptors (Lipinski definition) is 3. The first-order valence-electron chi connectivity index (χ1n) is 3.72. The number of nitro benzene ring substituents is 1. The molecular formula is C8H8FNO3. The smallest absolute Gasteiger partial charge is 0.305 e. The summed E-state index contributed by atoms with van der Waals surface area (Å²) in [6.07, 6.45) is 0. The van der Waals surface area contributed by atoms with Crippen LogP contribution in [0.1, 0.15) is 6.92 Å². The third-order valence-corrected chi connectivity index (χ3v) is 1.43. The number of nitrogens with zero attached hydrogens (tertiary/aromatic N) is 1. The van der Waals surface area contributed by atoms with Gasteiger partial charge in [-0.1, -0.05) is 0 Å². The molecule has 0 saturated carbocycles. The van der Waals surface area contributed by atoms with Crippen LogP contribution in [0.3, 0.4) is 0 Å². The van der Waals surface area contributed by atoms with E-state index in [-0.39, 0.29) is 0 Å². The summed E-state index contributed by atoms with van der Waals surface area (Å²) < 4.78 is 17.9. The van der Waals surface area contributed by atoms with Gasteiger partial charge in [0.15, 0.2) is 0 Å². The molecule has 0 aliphatic carbocycles. The Labute approximate surface area is 74.1 Å². The van der Waals surface area contributed by atoms with Crippen molar-refractivity contribution in [3.63, 3.8) is 0 Å². The molecule has 70 valence electrons. The van der Waals surface area contributed by atoms with Crippen LogP contribution in [-0.2, 0) is 0 Å². The van der Waals surface area contributed by atoms with E-state index >= 15 is 0 Å². The average molecular weight is 185 g/mol. The van der Waals surface area contributed by atoms with Crippen LogP contribution in [0.15, 0.2) is 18.2 Å². The van der Waals surface area contributed by atoms with Crippen LogP contribution in [0.5, 0.6) is 5.75 Å². The molecule has 13 heavy (non-hydrogen) atoms. The summed E-state index contributed by atoms with van der Waals surface area (Å²) in [5.41, 5.74) is -0.538. The van der Waals surface area contributed by atoms with Crippen LogP contribution in [0.2, 0.25) is 0 Å². The summed E-state index contributed by atoms with van der Waals surface area (Å²) >= 11 is 0. The molecule has 1 rings (SSSR count). The minimum Gasteiger partial charge on any atom is -0.494 e. The molecule has 0 unspecified atom stereocenters. The Kier molecular flexibility index (Phi) is 2.79. The highest BCUT2D eigenvalue weighted by atomic mass is 19.1. The Hall–Kier alpha value is -1.65. The first kappa shape index (κ1) is 9.44. The van der Waals surface area contributed by atoms with Crippen LogP contribution < -0.4 is 4.74 Å². The maximum absolute atomic E-state index is 12.9. The topological polar surface area (TPSA) is 52.4 Å². The Morgan fingerprint density at radius 3 is 2.77 bits per heavy atom. The van der Waals surface area contributed by atoms with Crippen molar-refractivity contribution in [2.45, 2.75) is 6.92 Å². The molecule has 4 nitrogen and oxygen atoms in total. The molecule has 5 heteroatoms. The second-order valence-electron chi connectivity index (χ2n) is 2.30. The zero-order valence-electron chi connectivity index (χ0n) is 6.99. The van der Waals surface area contributed by atoms with Gasteiger partial charge in [-0.25, -0.2) is 0 Å². The monoisotopic (exact) mass is 185 g/mol. The number of halogens is 1. The Morgan fingerprint density at radius 1 is 1.62 bits per heavy atom. The fourth-order valence-corrected chi connectivity index (χ4v) is 0.892. The number of ether oxygens (including phenoxy) is 1. The summed E-state index contributed by atoms with van der Waals surface area (Å²) in [7, 11) is 0. The van der Waals surface area contributed by atoms with Crippen molar-refractivity contribution >= 4 is 5.69 Å². The SMILES string of the molecule is CCOc1ccc([N+](=O)[O-])c(F)c1. The Morgan fingerprint density at radius 2 is 2.31 bits per heavy atom. The van der Waals surface area contributed by atoms with Crippen molar-refractivity contribution in [1.82, 2.24) is 0 Å². The quantitative estimate of drug-likeness (QED) is 0.535. The second kappa shape index (κ2) is 3.84. The average Bonchev–Trinajstić information content (AvgIpc) is 2.04. The van der Waals surface area contributed by atoms with Crippen molar-refractivity contribution in [3.05, 3.63) is 34.1 Å². The highest BCUT2D eigenvalue weighted by Gasteiger charge is 2.13. The van der Waals surface area contributed by atoms with Gasteiger partial charge in [-0.05, 0) is 13.0 Å². The largest absolute Gasteiger partial charge is 0.494 e. The number of benzene rings is 1. The van der Waals surface area contributed by atoms with Crippen molar-refractivity contribution in [2.24, 2.45) is 0 Å². The number of hydrogen-bond donors (Lipinski definition) is 0. The molecule has 0 fully saturated rings. The third-order valence-electron chi connectivity index (χ3n) is 1.43. The van der Waals surface area contributed by atoms with Crippen molar-refractivity contribution in [2.75, 3.05) is 6.61 Å². The van der Waals surface area contributed by atoms with E-state index < -0.39 is 16.4 Å². The van der Waals surface area contributed by atoms with Crippen LogP contribution in [0.4, 0.5) is 10.1 Å². The van der Waals surface area contributed by atoms with E-state index in [0.717, 1.165) is 12.1 Å². The summed E-state index contributed by atoms with van der Waals surface area (Å²) in [5.74, 6) is -0.582. The third kappa shape index (κ3) is 2.14. The highest BCUT2D eigenvalue weighted by Crippen LogP contribution is 2.21. The minimum atomic E-state index is -0.879. The molecule has 0 heterocycles. The lowest BCUT2D eigenvalue weighted by atomic mass is 10.3. The summed E-state index contributed by atoms with van der Waals surface area (Å²) in [4.78, 5) is 9.44. The van der Waals surface area contributed by atoms with Crippen LogP contribution in [0, 0.1) is 15.9 Å². The van der Waals surface area contributed by atoms with Gasteiger partial charge in [-0.3, -0.25) is 10.1 Å². The zero-order valence-corrected chi connectivity index (χ0v) is 6.99. The van der Waals surface area contributed by atoms with E-state index in [1.54, 1.807) is 6.92 Å². The van der Waals surface area contributed by atoms with Crippen LogP contribution in [-0.4, -0.2) is 11.5 Å². The molecule has 0 aliphatic rings. The lowest BCUT2D eigenvalue weighted by Crippen LogP contribution is -1.95. The molecular weight excluding hydrogens is 177 g/mol. The van der Waals surface area contributed by atoms with Crippen LogP contribution in [0.25, 0.3) is 0 Å². The van der Waals surface area contributed by atoms with Gasteiger partial charge >= 0.3 is 5.69 Å². The van der Waals surface area contributed by atoms with Gasteiger partial charge in [0.1, 0.15) is 5.75 Å². The first-order valence-corrected chi connectivity index (χ1v) is 3.72. The molecule has 0 amide bonds. The maximum atomic E-state index is 12.9. The molecule has 1 aromatic rings. The summed E-state index contributed by atoms with van der Waals surface area (Å²) in [6, 6.07) is 3.45. The number of nitro groups is 1. The van der Waals surface area contributed by atoms with E-state index in [4.69, 9.17) is 4.74 Å². The van der Waals surface area contributed by atoms with Gasteiger partial charge in [0, 0.05) is 12.1 Å². The number of rotatable bonds is 3. The van der Waals surface area contributed by atoms with Crippen LogP contribution >= 0.6 is 0 Å². The van der Waals surface area contributed by atoms with E-state index in [2.05, 4.69) is 0 Å². The lowest BCUT2D eigenvalue weighted by Gasteiger charge is -2.01. The van der Waals surface area contributed by atoms with E-state index in [0.29, 0.717) is 12.4 Å². The predicted octanol–water partition coefficient (Wildman–Crippen LogP) is 2.13. The van der Waals surface area contributed by atoms with Gasteiger partial charge in [0.25, 0.3) is 0 Å². The first-order chi connectivity index (χ1) is 6.15. The van der Waals surface area contributed by atoms with Gasteiger partial charge in [0.05, 0.1) is 11.5 Å². The Balaban J connectivity index is 2.98. The molecule has 0 saturated heterocycles. The molecule has 0 aliphatic heterocycles. The second-order valence-corrected chi connectivity index (χ2v) is 2.30. The van der Waals surface area contributed by atoms with E-state index in [1.807, 2.05) is 0 Å². The molecule has 0 radical (unpaired) electrons. The van der Waals surface area contributed by atoms with Gasteiger partial charge < -0.3 is 4.74 Å². The summed E-state index contributed by atoms with van der Waals surface area (Å²) in [6.45, 7) is 2.15. The molecule has 0 atom stereocenters. The van der Waals surface area contributed by atoms with Gasteiger partial charge in [-0.2, -0.15) is 4.39 Å². The fraction of sp³-hybridized carbons (Fsp3) is 0.250. The molecule has 0 aromatic heterocycles. The van der Waals surface area contributed by atoms with Gasteiger partial charge in [-0.15, -0.1) is 0 Å². The molecule has 0 spiro atoms. The van der Waals surface area contributed by atoms with Crippen molar-refractivity contribution in [3.8, 4) is 5.75 Å². The summed E-state index contributed by atoms with van der Waals surface area (Å²) in [5, 5.41) is 10.2. The van der Waals surface area contributed by atoms with E-state index in [1.165, 1.54) is 6.07 Å². The zero-order chi connectivity index (χ0) is 9.84. The van der Waals surface area contributed by atoms with E-state index in [9.17, 15) is 14.5 Å². The maximum Gasteiger partial charge on any atom is 0.305 e. The molecule has 1 aromatic carbocycles.